The van der Waals surface area contributed by atoms with Gasteiger partial charge in [-0.3, -0.25) is 9.20 Å². The molecule has 1 amide bonds. The summed E-state index contributed by atoms with van der Waals surface area (Å²) < 4.78 is 13.5. The fraction of sp³-hybridized carbons (Fsp3) is 0.435. The van der Waals surface area contributed by atoms with Crippen LogP contribution in [-0.2, 0) is 4.74 Å². The summed E-state index contributed by atoms with van der Waals surface area (Å²) in [5.41, 5.74) is 1.50. The summed E-state index contributed by atoms with van der Waals surface area (Å²) in [6.07, 6.45) is 6.22. The molecule has 4 heterocycles. The fourth-order valence-electron chi connectivity index (χ4n) is 4.38. The van der Waals surface area contributed by atoms with E-state index in [2.05, 4.69) is 10.2 Å². The molecule has 0 unspecified atom stereocenters. The molecule has 2 aromatic heterocycles. The molecule has 156 valence electrons. The number of ether oxygens (including phenoxy) is 2. The Morgan fingerprint density at radius 3 is 3.00 bits per heavy atom. The number of carbonyl (C=O) groups is 1. The summed E-state index contributed by atoms with van der Waals surface area (Å²) in [5.74, 6) is 1.86. The molecule has 0 bridgehead atoms. The molecule has 0 N–H and O–H groups in total. The molecular weight excluding hydrogens is 380 g/mol. The van der Waals surface area contributed by atoms with Gasteiger partial charge in [-0.1, -0.05) is 12.1 Å². The Labute approximate surface area is 175 Å². The van der Waals surface area contributed by atoms with E-state index < -0.39 is 0 Å². The average molecular weight is 406 g/mol. The maximum absolute atomic E-state index is 13.2. The number of amides is 1. The molecule has 2 aliphatic rings. The van der Waals surface area contributed by atoms with Crippen molar-refractivity contribution in [3.8, 4) is 5.75 Å². The Bertz CT molecular complexity index is 1030. The van der Waals surface area contributed by atoms with Crippen LogP contribution in [0.4, 0.5) is 0 Å². The van der Waals surface area contributed by atoms with E-state index in [4.69, 9.17) is 9.47 Å². The molecule has 7 heteroatoms. The van der Waals surface area contributed by atoms with Crippen LogP contribution < -0.4 is 4.74 Å². The van der Waals surface area contributed by atoms with Crippen LogP contribution in [0.3, 0.4) is 0 Å². The van der Waals surface area contributed by atoms with Crippen molar-refractivity contribution in [1.29, 1.82) is 0 Å². The standard InChI is InChI=1S/C23H26N4O3/c28-23(17-6-3-8-19(14-17)30-16-20-9-5-13-29-20)26-11-4-7-18(15-26)22-25-24-21-10-1-2-12-27(21)22/h1-3,6,8,10,12,14,18,20H,4-5,7,9,11,13,15-16H2/t18-,20+/m1/s1. The van der Waals surface area contributed by atoms with E-state index >= 15 is 0 Å². The van der Waals surface area contributed by atoms with Gasteiger partial charge in [-0.25, -0.2) is 0 Å². The molecular formula is C23H26N4O3. The Balaban J connectivity index is 1.28. The second-order valence-electron chi connectivity index (χ2n) is 8.05. The largest absolute Gasteiger partial charge is 0.491 e. The zero-order valence-electron chi connectivity index (χ0n) is 16.9. The lowest BCUT2D eigenvalue weighted by atomic mass is 9.96. The van der Waals surface area contributed by atoms with Gasteiger partial charge in [0.15, 0.2) is 5.65 Å². The Morgan fingerprint density at radius 2 is 2.10 bits per heavy atom. The van der Waals surface area contributed by atoms with Crippen molar-refractivity contribution in [1.82, 2.24) is 19.5 Å². The van der Waals surface area contributed by atoms with Crippen molar-refractivity contribution in [2.24, 2.45) is 0 Å². The summed E-state index contributed by atoms with van der Waals surface area (Å²) in [6, 6.07) is 13.4. The van der Waals surface area contributed by atoms with Crippen molar-refractivity contribution in [3.63, 3.8) is 0 Å². The highest BCUT2D eigenvalue weighted by molar-refractivity contribution is 5.94. The first-order valence-corrected chi connectivity index (χ1v) is 10.7. The minimum Gasteiger partial charge on any atom is -0.491 e. The lowest BCUT2D eigenvalue weighted by Crippen LogP contribution is -2.39. The summed E-state index contributed by atoms with van der Waals surface area (Å²) in [4.78, 5) is 15.1. The first-order chi connectivity index (χ1) is 14.8. The highest BCUT2D eigenvalue weighted by Crippen LogP contribution is 2.27. The molecule has 0 aliphatic carbocycles. The van der Waals surface area contributed by atoms with Gasteiger partial charge < -0.3 is 14.4 Å². The van der Waals surface area contributed by atoms with Crippen molar-refractivity contribution >= 4 is 11.6 Å². The number of fused-ring (bicyclic) bond motifs is 1. The number of hydrogen-bond donors (Lipinski definition) is 0. The van der Waals surface area contributed by atoms with Crippen LogP contribution in [0, 0.1) is 0 Å². The van der Waals surface area contributed by atoms with Gasteiger partial charge in [0.05, 0.1) is 6.10 Å². The summed E-state index contributed by atoms with van der Waals surface area (Å²) >= 11 is 0. The van der Waals surface area contributed by atoms with Crippen LogP contribution in [0.2, 0.25) is 0 Å². The minimum absolute atomic E-state index is 0.0380. The van der Waals surface area contributed by atoms with Gasteiger partial charge in [0.1, 0.15) is 18.2 Å². The predicted octanol–water partition coefficient (Wildman–Crippen LogP) is 3.31. The smallest absolute Gasteiger partial charge is 0.254 e. The lowest BCUT2D eigenvalue weighted by Gasteiger charge is -2.32. The first-order valence-electron chi connectivity index (χ1n) is 10.7. The molecule has 1 aromatic carbocycles. The Kier molecular flexibility index (Phi) is 5.36. The molecule has 0 radical (unpaired) electrons. The number of benzene rings is 1. The van der Waals surface area contributed by atoms with Crippen molar-refractivity contribution in [3.05, 3.63) is 60.0 Å². The number of carbonyl (C=O) groups excluding carboxylic acids is 1. The zero-order chi connectivity index (χ0) is 20.3. The van der Waals surface area contributed by atoms with E-state index in [0.29, 0.717) is 24.5 Å². The molecule has 2 saturated heterocycles. The molecule has 3 aromatic rings. The maximum Gasteiger partial charge on any atom is 0.254 e. The first kappa shape index (κ1) is 19.1. The summed E-state index contributed by atoms with van der Waals surface area (Å²) in [7, 11) is 0. The van der Waals surface area contributed by atoms with Crippen LogP contribution in [0.25, 0.3) is 5.65 Å². The molecule has 0 saturated carbocycles. The number of piperidine rings is 1. The van der Waals surface area contributed by atoms with Gasteiger partial charge in [0.2, 0.25) is 0 Å². The number of rotatable bonds is 5. The topological polar surface area (TPSA) is 69.0 Å². The summed E-state index contributed by atoms with van der Waals surface area (Å²) in [5, 5.41) is 8.67. The van der Waals surface area contributed by atoms with Crippen LogP contribution in [-0.4, -0.2) is 57.8 Å². The van der Waals surface area contributed by atoms with Gasteiger partial charge in [0, 0.05) is 37.4 Å². The van der Waals surface area contributed by atoms with Crippen molar-refractivity contribution < 1.29 is 14.3 Å². The Morgan fingerprint density at radius 1 is 1.13 bits per heavy atom. The maximum atomic E-state index is 13.2. The van der Waals surface area contributed by atoms with E-state index in [0.717, 1.165) is 50.3 Å². The van der Waals surface area contributed by atoms with E-state index in [1.807, 2.05) is 58.0 Å². The van der Waals surface area contributed by atoms with Crippen molar-refractivity contribution in [2.45, 2.75) is 37.7 Å². The number of aromatic nitrogens is 3. The van der Waals surface area contributed by atoms with E-state index in [1.165, 1.54) is 0 Å². The normalized spacial score (nSPS) is 21.8. The number of likely N-dealkylation sites (tertiary alicyclic amines) is 1. The second kappa shape index (κ2) is 8.44. The third-order valence-corrected chi connectivity index (χ3v) is 5.95. The second-order valence-corrected chi connectivity index (χ2v) is 8.05. The van der Waals surface area contributed by atoms with E-state index in [9.17, 15) is 4.79 Å². The molecule has 0 spiro atoms. The monoisotopic (exact) mass is 406 g/mol. The molecule has 7 nitrogen and oxygen atoms in total. The van der Waals surface area contributed by atoms with Crippen LogP contribution in [0.5, 0.6) is 5.75 Å². The number of hydrogen-bond acceptors (Lipinski definition) is 5. The third-order valence-electron chi connectivity index (χ3n) is 5.95. The minimum atomic E-state index is 0.0380. The van der Waals surface area contributed by atoms with E-state index in [-0.39, 0.29) is 17.9 Å². The molecule has 5 rings (SSSR count). The zero-order valence-corrected chi connectivity index (χ0v) is 16.9. The van der Waals surface area contributed by atoms with Gasteiger partial charge in [-0.05, 0) is 56.0 Å². The molecule has 2 atom stereocenters. The van der Waals surface area contributed by atoms with Crippen LogP contribution in [0.15, 0.2) is 48.7 Å². The predicted molar refractivity (Wildman–Crippen MR) is 112 cm³/mol. The van der Waals surface area contributed by atoms with E-state index in [1.54, 1.807) is 0 Å². The van der Waals surface area contributed by atoms with Gasteiger partial charge >= 0.3 is 0 Å². The Hall–Kier alpha value is -2.93. The third kappa shape index (κ3) is 3.89. The molecule has 30 heavy (non-hydrogen) atoms. The molecule has 2 aliphatic heterocycles. The van der Waals surface area contributed by atoms with Crippen LogP contribution >= 0.6 is 0 Å². The van der Waals surface area contributed by atoms with Gasteiger partial charge in [-0.15, -0.1) is 10.2 Å². The highest BCUT2D eigenvalue weighted by Gasteiger charge is 2.28. The fourth-order valence-corrected chi connectivity index (χ4v) is 4.38. The van der Waals surface area contributed by atoms with Gasteiger partial charge in [0.25, 0.3) is 5.91 Å². The average Bonchev–Trinajstić information content (AvgIpc) is 3.47. The molecule has 2 fully saturated rings. The highest BCUT2D eigenvalue weighted by atomic mass is 16.5. The number of pyridine rings is 1. The quantitative estimate of drug-likeness (QED) is 0.650. The van der Waals surface area contributed by atoms with Gasteiger partial charge in [-0.2, -0.15) is 0 Å². The van der Waals surface area contributed by atoms with Crippen molar-refractivity contribution in [2.75, 3.05) is 26.3 Å². The number of nitrogens with zero attached hydrogens (tertiary/aromatic N) is 4. The summed E-state index contributed by atoms with van der Waals surface area (Å²) in [6.45, 7) is 2.75. The lowest BCUT2D eigenvalue weighted by molar-refractivity contribution is 0.0673. The van der Waals surface area contributed by atoms with Crippen LogP contribution in [0.1, 0.15) is 47.8 Å². The SMILES string of the molecule is O=C(c1cccc(OC[C@@H]2CCCO2)c1)N1CCC[C@@H](c2nnc3ccccn23)C1.